The minimum absolute atomic E-state index is 0.0578. The molecule has 0 heterocycles. The summed E-state index contributed by atoms with van der Waals surface area (Å²) in [6, 6.07) is 7.19. The highest BCUT2D eigenvalue weighted by atomic mass is 16.5. The topological polar surface area (TPSA) is 76.7 Å². The van der Waals surface area contributed by atoms with Crippen LogP contribution in [0, 0.1) is 0 Å². The number of anilines is 1. The third kappa shape index (κ3) is 8.06. The molecule has 6 heteroatoms. The second-order valence-corrected chi connectivity index (χ2v) is 4.51. The van der Waals surface area contributed by atoms with Gasteiger partial charge in [-0.25, -0.2) is 0 Å². The average molecular weight is 294 g/mol. The Labute approximate surface area is 124 Å². The van der Waals surface area contributed by atoms with Crippen LogP contribution in [-0.4, -0.2) is 45.3 Å². The fourth-order valence-corrected chi connectivity index (χ4v) is 1.66. The van der Waals surface area contributed by atoms with Gasteiger partial charge < -0.3 is 20.1 Å². The molecule has 0 saturated carbocycles. The Morgan fingerprint density at radius 2 is 1.81 bits per heavy atom. The number of carbonyl (C=O) groups excluding carboxylic acids is 2. The van der Waals surface area contributed by atoms with Gasteiger partial charge in [-0.15, -0.1) is 0 Å². The second-order valence-electron chi connectivity index (χ2n) is 4.51. The normalized spacial score (nSPS) is 10.2. The Balaban J connectivity index is 2.23. The molecule has 0 aromatic heterocycles. The van der Waals surface area contributed by atoms with Crippen molar-refractivity contribution in [3.8, 4) is 0 Å². The van der Waals surface area contributed by atoms with Gasteiger partial charge in [-0.05, 0) is 17.7 Å². The molecule has 0 atom stereocenters. The predicted molar refractivity (Wildman–Crippen MR) is 80.2 cm³/mol. The third-order valence-electron chi connectivity index (χ3n) is 2.64. The van der Waals surface area contributed by atoms with Crippen molar-refractivity contribution in [1.82, 2.24) is 5.32 Å². The molecule has 0 bridgehead atoms. The number of nitrogens with one attached hydrogen (secondary N) is 2. The van der Waals surface area contributed by atoms with Gasteiger partial charge in [-0.2, -0.15) is 0 Å². The quantitative estimate of drug-likeness (QED) is 0.665. The van der Waals surface area contributed by atoms with Crippen LogP contribution in [0.2, 0.25) is 0 Å². The number of carbonyl (C=O) groups is 2. The molecule has 1 rings (SSSR count). The maximum atomic E-state index is 11.7. The van der Waals surface area contributed by atoms with E-state index in [1.54, 1.807) is 19.2 Å². The Bertz CT molecular complexity index is 445. The third-order valence-corrected chi connectivity index (χ3v) is 2.64. The van der Waals surface area contributed by atoms with E-state index in [1.807, 2.05) is 12.1 Å². The lowest BCUT2D eigenvalue weighted by Crippen LogP contribution is -2.29. The molecule has 2 amide bonds. The van der Waals surface area contributed by atoms with Crippen molar-refractivity contribution in [3.05, 3.63) is 29.8 Å². The van der Waals surface area contributed by atoms with Gasteiger partial charge in [0.25, 0.3) is 0 Å². The summed E-state index contributed by atoms with van der Waals surface area (Å²) in [6.45, 7) is 3.48. The van der Waals surface area contributed by atoms with Gasteiger partial charge in [0.2, 0.25) is 11.8 Å². The molecule has 0 unspecified atom stereocenters. The molecule has 0 radical (unpaired) electrons. The van der Waals surface area contributed by atoms with E-state index in [1.165, 1.54) is 6.92 Å². The Morgan fingerprint density at radius 1 is 1.10 bits per heavy atom. The molecule has 116 valence electrons. The first-order chi connectivity index (χ1) is 10.1. The Hall–Kier alpha value is -1.92. The summed E-state index contributed by atoms with van der Waals surface area (Å²) in [5, 5.41) is 5.46. The van der Waals surface area contributed by atoms with Crippen LogP contribution in [0.3, 0.4) is 0 Å². The minimum atomic E-state index is -0.117. The molecular formula is C15H22N2O4. The molecule has 21 heavy (non-hydrogen) atoms. The van der Waals surface area contributed by atoms with Crippen LogP contribution in [0.1, 0.15) is 12.5 Å². The highest BCUT2D eigenvalue weighted by Crippen LogP contribution is 2.09. The number of methoxy groups -OCH3 is 1. The summed E-state index contributed by atoms with van der Waals surface area (Å²) < 4.78 is 10.1. The molecule has 0 fully saturated rings. The molecule has 1 aromatic rings. The van der Waals surface area contributed by atoms with Gasteiger partial charge in [0, 0.05) is 26.3 Å². The van der Waals surface area contributed by atoms with Gasteiger partial charge >= 0.3 is 0 Å². The number of hydrogen-bond donors (Lipinski definition) is 2. The monoisotopic (exact) mass is 294 g/mol. The first-order valence-electron chi connectivity index (χ1n) is 6.81. The lowest BCUT2D eigenvalue weighted by atomic mass is 10.1. The van der Waals surface area contributed by atoms with Crippen LogP contribution in [0.4, 0.5) is 5.69 Å². The van der Waals surface area contributed by atoms with Crippen LogP contribution in [0.25, 0.3) is 0 Å². The van der Waals surface area contributed by atoms with Crippen molar-refractivity contribution in [2.45, 2.75) is 13.3 Å². The first-order valence-corrected chi connectivity index (χ1v) is 6.81. The van der Waals surface area contributed by atoms with Gasteiger partial charge in [-0.3, -0.25) is 9.59 Å². The summed E-state index contributed by atoms with van der Waals surface area (Å²) in [4.78, 5) is 22.6. The van der Waals surface area contributed by atoms with Gasteiger partial charge in [-0.1, -0.05) is 12.1 Å². The van der Waals surface area contributed by atoms with Crippen molar-refractivity contribution < 1.29 is 19.1 Å². The van der Waals surface area contributed by atoms with Crippen molar-refractivity contribution in [2.75, 3.05) is 38.8 Å². The molecule has 6 nitrogen and oxygen atoms in total. The summed E-state index contributed by atoms with van der Waals surface area (Å²) in [7, 11) is 1.61. The molecule has 1 aromatic carbocycles. The zero-order valence-electron chi connectivity index (χ0n) is 12.5. The average Bonchev–Trinajstić information content (AvgIpc) is 2.44. The fraction of sp³-hybridized carbons (Fsp3) is 0.467. The first kappa shape index (κ1) is 17.1. The SMILES string of the molecule is COCCOCCNC(=O)Cc1ccc(NC(C)=O)cc1. The Kier molecular flexibility index (Phi) is 8.08. The summed E-state index contributed by atoms with van der Waals surface area (Å²) >= 11 is 0. The smallest absolute Gasteiger partial charge is 0.224 e. The van der Waals surface area contributed by atoms with E-state index >= 15 is 0 Å². The van der Waals surface area contributed by atoms with Crippen molar-refractivity contribution >= 4 is 17.5 Å². The summed E-state index contributed by atoms with van der Waals surface area (Å²) in [5.41, 5.74) is 1.61. The lowest BCUT2D eigenvalue weighted by Gasteiger charge is -2.07. The number of benzene rings is 1. The molecule has 0 spiro atoms. The molecule has 0 aliphatic rings. The van der Waals surface area contributed by atoms with Crippen LogP contribution in [0.5, 0.6) is 0 Å². The summed E-state index contributed by atoms with van der Waals surface area (Å²) in [5.74, 6) is -0.174. The highest BCUT2D eigenvalue weighted by Gasteiger charge is 2.03. The minimum Gasteiger partial charge on any atom is -0.382 e. The van der Waals surface area contributed by atoms with Crippen LogP contribution in [0.15, 0.2) is 24.3 Å². The van der Waals surface area contributed by atoms with Gasteiger partial charge in [0.05, 0.1) is 26.2 Å². The van der Waals surface area contributed by atoms with E-state index in [0.717, 1.165) is 11.3 Å². The van der Waals surface area contributed by atoms with Gasteiger partial charge in [0.1, 0.15) is 0 Å². The van der Waals surface area contributed by atoms with Crippen LogP contribution in [-0.2, 0) is 25.5 Å². The van der Waals surface area contributed by atoms with Crippen molar-refractivity contribution in [1.29, 1.82) is 0 Å². The van der Waals surface area contributed by atoms with E-state index in [2.05, 4.69) is 10.6 Å². The highest BCUT2D eigenvalue weighted by molar-refractivity contribution is 5.88. The van der Waals surface area contributed by atoms with E-state index in [4.69, 9.17) is 9.47 Å². The number of amides is 2. The molecule has 0 saturated heterocycles. The molecule has 2 N–H and O–H groups in total. The van der Waals surface area contributed by atoms with E-state index in [9.17, 15) is 9.59 Å². The number of ether oxygens (including phenoxy) is 2. The standard InChI is InChI=1S/C15H22N2O4/c1-12(18)17-14-5-3-13(4-6-14)11-15(19)16-7-8-21-10-9-20-2/h3-6H,7-11H2,1-2H3,(H,16,19)(H,17,18). The molecule has 0 aliphatic carbocycles. The van der Waals surface area contributed by atoms with Gasteiger partial charge in [0.15, 0.2) is 0 Å². The fourth-order valence-electron chi connectivity index (χ4n) is 1.66. The van der Waals surface area contributed by atoms with Crippen molar-refractivity contribution in [3.63, 3.8) is 0 Å². The second kappa shape index (κ2) is 9.90. The van der Waals surface area contributed by atoms with E-state index < -0.39 is 0 Å². The molecule has 0 aliphatic heterocycles. The van der Waals surface area contributed by atoms with E-state index in [-0.39, 0.29) is 11.8 Å². The van der Waals surface area contributed by atoms with Crippen LogP contribution >= 0.6 is 0 Å². The lowest BCUT2D eigenvalue weighted by molar-refractivity contribution is -0.120. The largest absolute Gasteiger partial charge is 0.382 e. The zero-order chi connectivity index (χ0) is 15.5. The maximum Gasteiger partial charge on any atom is 0.224 e. The summed E-state index contributed by atoms with van der Waals surface area (Å²) in [6.07, 6.45) is 0.304. The number of hydrogen-bond acceptors (Lipinski definition) is 4. The Morgan fingerprint density at radius 3 is 2.43 bits per heavy atom. The van der Waals surface area contributed by atoms with Crippen LogP contribution < -0.4 is 10.6 Å². The molecular weight excluding hydrogens is 272 g/mol. The van der Waals surface area contributed by atoms with E-state index in [0.29, 0.717) is 32.8 Å². The predicted octanol–water partition coefficient (Wildman–Crippen LogP) is 0.967. The van der Waals surface area contributed by atoms with Crippen molar-refractivity contribution in [2.24, 2.45) is 0 Å². The zero-order valence-corrected chi connectivity index (χ0v) is 12.5. The number of rotatable bonds is 9. The maximum absolute atomic E-state index is 11.7.